The van der Waals surface area contributed by atoms with Crippen molar-refractivity contribution in [1.29, 1.82) is 0 Å². The highest BCUT2D eigenvalue weighted by Gasteiger charge is 2.46. The Kier molecular flexibility index (Phi) is 12.7. The van der Waals surface area contributed by atoms with Gasteiger partial charge in [-0.3, -0.25) is 0 Å². The Morgan fingerprint density at radius 3 is 1.82 bits per heavy atom. The van der Waals surface area contributed by atoms with Crippen LogP contribution in [-0.2, 0) is 14.0 Å². The molecule has 0 aromatic rings. The summed E-state index contributed by atoms with van der Waals surface area (Å²) in [6.07, 6.45) is 5.62. The minimum absolute atomic E-state index is 0.0261. The molecule has 164 valence electrons. The van der Waals surface area contributed by atoms with E-state index in [0.29, 0.717) is 23.2 Å². The normalized spacial score (nSPS) is 15.9. The molecule has 0 saturated heterocycles. The van der Waals surface area contributed by atoms with Crippen LogP contribution in [0.15, 0.2) is 22.3 Å². The Labute approximate surface area is 190 Å². The van der Waals surface area contributed by atoms with Crippen LogP contribution >= 0.6 is 22.6 Å². The third-order valence-corrected chi connectivity index (χ3v) is 13.7. The van der Waals surface area contributed by atoms with Crippen molar-refractivity contribution in [2.75, 3.05) is 6.61 Å². The fourth-order valence-corrected chi connectivity index (χ4v) is 10.6. The molecule has 0 amide bonds. The Balaban J connectivity index is 5.23. The molecular weight excluding hydrogens is 495 g/mol. The van der Waals surface area contributed by atoms with Gasteiger partial charge in [0.1, 0.15) is 0 Å². The van der Waals surface area contributed by atoms with E-state index in [2.05, 4.69) is 96.8 Å². The molecule has 0 saturated carbocycles. The van der Waals surface area contributed by atoms with Gasteiger partial charge in [-0.2, -0.15) is 0 Å². The maximum Gasteiger partial charge on any atom is 0.330 e. The molecule has 0 aromatic carbocycles. The number of rotatable bonds is 12. The Morgan fingerprint density at radius 2 is 1.43 bits per heavy atom. The van der Waals surface area contributed by atoms with Crippen LogP contribution < -0.4 is 0 Å². The van der Waals surface area contributed by atoms with E-state index in [0.717, 1.165) is 6.04 Å². The van der Waals surface area contributed by atoms with Gasteiger partial charge >= 0.3 is 5.97 Å². The maximum absolute atomic E-state index is 12.1. The van der Waals surface area contributed by atoms with Gasteiger partial charge in [0.2, 0.25) is 8.32 Å². The lowest BCUT2D eigenvalue weighted by Gasteiger charge is -2.45. The number of carbonyl (C=O) groups is 1. The monoisotopic (exact) mass is 538 g/mol. The van der Waals surface area contributed by atoms with E-state index in [-0.39, 0.29) is 18.0 Å². The number of hydrogen-bond donors (Lipinski definition) is 0. The first-order valence-electron chi connectivity index (χ1n) is 10.6. The minimum atomic E-state index is -1.99. The van der Waals surface area contributed by atoms with Crippen LogP contribution in [0.25, 0.3) is 0 Å². The number of carbonyl (C=O) groups excluding carboxylic acids is 1. The summed E-state index contributed by atoms with van der Waals surface area (Å²) >= 11 is 2.25. The molecule has 0 heterocycles. The van der Waals surface area contributed by atoms with Crippen LogP contribution in [0.1, 0.15) is 48.5 Å². The molecule has 3 nitrogen and oxygen atoms in total. The lowest BCUT2D eigenvalue weighted by atomic mass is 10.0. The average Bonchev–Trinajstić information content (AvgIpc) is 2.54. The summed E-state index contributed by atoms with van der Waals surface area (Å²) in [5.41, 5.74) is 1.58. The first-order chi connectivity index (χ1) is 12.8. The lowest BCUT2D eigenvalue weighted by molar-refractivity contribution is -0.137. The second-order valence-corrected chi connectivity index (χ2v) is 21.7. The molecule has 0 spiro atoms. The zero-order valence-corrected chi connectivity index (χ0v) is 23.9. The van der Waals surface area contributed by atoms with Gasteiger partial charge < -0.3 is 9.16 Å². The zero-order chi connectivity index (χ0) is 22.1. The molecule has 0 bridgehead atoms. The van der Waals surface area contributed by atoms with Gasteiger partial charge in [0.25, 0.3) is 0 Å². The van der Waals surface area contributed by atoms with E-state index >= 15 is 0 Å². The van der Waals surface area contributed by atoms with E-state index in [9.17, 15) is 4.79 Å². The van der Waals surface area contributed by atoms with E-state index < -0.39 is 16.4 Å². The lowest BCUT2D eigenvalue weighted by Crippen LogP contribution is -2.50. The standard InChI is InChI=1S/C22H43IO3Si2/c1-17(2)28(18(3)4,19(5)6)26-21(13-14-23)20(7)11-12-22(24)25-15-16-27(8,9)10/h11-14,17-21H,15-16H2,1-10H3/b12-11+,14-13+/t20-,21-/m0/s1. The first-order valence-corrected chi connectivity index (χ1v) is 17.7. The molecule has 0 aromatic heterocycles. The predicted molar refractivity (Wildman–Crippen MR) is 136 cm³/mol. The molecular formula is C22H43IO3Si2. The largest absolute Gasteiger partial charge is 0.463 e. The molecule has 0 aliphatic carbocycles. The van der Waals surface area contributed by atoms with Gasteiger partial charge in [0, 0.05) is 20.1 Å². The van der Waals surface area contributed by atoms with Crippen molar-refractivity contribution in [2.45, 2.75) is 96.9 Å². The summed E-state index contributed by atoms with van der Waals surface area (Å²) in [6.45, 7) is 23.3. The van der Waals surface area contributed by atoms with Gasteiger partial charge in [-0.15, -0.1) is 0 Å². The van der Waals surface area contributed by atoms with E-state index in [1.165, 1.54) is 0 Å². The third kappa shape index (κ3) is 9.26. The Hall–Kier alpha value is 0.0738. The number of halogens is 1. The number of ether oxygens (including phenoxy) is 1. The van der Waals surface area contributed by atoms with Crippen molar-refractivity contribution in [2.24, 2.45) is 5.92 Å². The predicted octanol–water partition coefficient (Wildman–Crippen LogP) is 7.57. The van der Waals surface area contributed by atoms with Gasteiger partial charge in [-0.1, -0.05) is 103 Å². The summed E-state index contributed by atoms with van der Waals surface area (Å²) in [4.78, 5) is 12.1. The fourth-order valence-electron chi connectivity index (χ4n) is 3.88. The fraction of sp³-hybridized carbons (Fsp3) is 0.773. The van der Waals surface area contributed by atoms with Crippen molar-refractivity contribution >= 4 is 45.0 Å². The molecule has 0 radical (unpaired) electrons. The van der Waals surface area contributed by atoms with Gasteiger partial charge in [-0.05, 0) is 26.8 Å². The van der Waals surface area contributed by atoms with Crippen molar-refractivity contribution in [1.82, 2.24) is 0 Å². The van der Waals surface area contributed by atoms with E-state index in [4.69, 9.17) is 9.16 Å². The molecule has 0 rings (SSSR count). The van der Waals surface area contributed by atoms with Crippen molar-refractivity contribution in [3.8, 4) is 0 Å². The third-order valence-electron chi connectivity index (χ3n) is 5.46. The topological polar surface area (TPSA) is 35.5 Å². The smallest absolute Gasteiger partial charge is 0.330 e. The molecule has 0 aliphatic rings. The molecule has 0 aliphatic heterocycles. The average molecular weight is 539 g/mol. The summed E-state index contributed by atoms with van der Waals surface area (Å²) in [6, 6.07) is 0.997. The number of esters is 1. The summed E-state index contributed by atoms with van der Waals surface area (Å²) in [7, 11) is -3.17. The van der Waals surface area contributed by atoms with Crippen LogP contribution in [-0.4, -0.2) is 35.1 Å². The molecule has 28 heavy (non-hydrogen) atoms. The highest BCUT2D eigenvalue weighted by Crippen LogP contribution is 2.43. The van der Waals surface area contributed by atoms with Crippen LogP contribution in [0.2, 0.25) is 42.3 Å². The molecule has 2 atom stereocenters. The maximum atomic E-state index is 12.1. The Bertz CT molecular complexity index is 501. The van der Waals surface area contributed by atoms with Gasteiger partial charge in [0.05, 0.1) is 12.7 Å². The highest BCUT2D eigenvalue weighted by molar-refractivity contribution is 14.1. The molecule has 0 unspecified atom stereocenters. The summed E-state index contributed by atoms with van der Waals surface area (Å²) in [5.74, 6) is -0.138. The molecule has 0 N–H and O–H groups in total. The number of hydrogen-bond acceptors (Lipinski definition) is 3. The van der Waals surface area contributed by atoms with Crippen LogP contribution in [0.3, 0.4) is 0 Å². The van der Waals surface area contributed by atoms with Crippen molar-refractivity contribution in [3.05, 3.63) is 22.3 Å². The quantitative estimate of drug-likeness (QED) is 0.111. The van der Waals surface area contributed by atoms with Gasteiger partial charge in [0.15, 0.2) is 0 Å². The Morgan fingerprint density at radius 1 is 0.929 bits per heavy atom. The van der Waals surface area contributed by atoms with Crippen LogP contribution in [0.5, 0.6) is 0 Å². The second kappa shape index (κ2) is 12.7. The SMILES string of the molecule is CC(C)[Si](O[C@@H](/C=C/I)[C@@H](C)/C=C/C(=O)OCC[Si](C)(C)C)(C(C)C)C(C)C. The van der Waals surface area contributed by atoms with E-state index in [1.807, 2.05) is 10.2 Å². The molecule has 0 fully saturated rings. The van der Waals surface area contributed by atoms with E-state index in [1.54, 1.807) is 6.08 Å². The minimum Gasteiger partial charge on any atom is -0.463 e. The second-order valence-electron chi connectivity index (χ2n) is 9.91. The molecule has 6 heteroatoms. The van der Waals surface area contributed by atoms with Crippen molar-refractivity contribution in [3.63, 3.8) is 0 Å². The summed E-state index contributed by atoms with van der Waals surface area (Å²) in [5, 5.41) is 0. The van der Waals surface area contributed by atoms with Crippen LogP contribution in [0.4, 0.5) is 0 Å². The first kappa shape index (κ1) is 28.1. The summed E-state index contributed by atoms with van der Waals surface area (Å²) < 4.78 is 14.3. The highest BCUT2D eigenvalue weighted by atomic mass is 127. The van der Waals surface area contributed by atoms with Crippen LogP contribution in [0, 0.1) is 5.92 Å². The zero-order valence-electron chi connectivity index (χ0n) is 19.7. The van der Waals surface area contributed by atoms with Gasteiger partial charge in [-0.25, -0.2) is 4.79 Å². The van der Waals surface area contributed by atoms with Crippen molar-refractivity contribution < 1.29 is 14.0 Å².